The third-order valence-electron chi connectivity index (χ3n) is 6.79. The minimum atomic E-state index is 0.331. The van der Waals surface area contributed by atoms with Crippen LogP contribution in [0.5, 0.6) is 11.6 Å². The topological polar surface area (TPSA) is 50.7 Å². The summed E-state index contributed by atoms with van der Waals surface area (Å²) in [7, 11) is 0. The summed E-state index contributed by atoms with van der Waals surface area (Å²) in [5, 5.41) is 0. The lowest BCUT2D eigenvalue weighted by atomic mass is 9.86. The molecule has 0 aromatic carbocycles. The fourth-order valence-corrected chi connectivity index (χ4v) is 5.17. The quantitative estimate of drug-likeness (QED) is 0.794. The van der Waals surface area contributed by atoms with Gasteiger partial charge in [0.1, 0.15) is 13.2 Å². The summed E-state index contributed by atoms with van der Waals surface area (Å²) in [6.45, 7) is 12.2. The molecule has 154 valence electrons. The Hall–Kier alpha value is -2.34. The molecule has 6 heteroatoms. The molecular formula is C23H30N4O2. The molecule has 2 aromatic heterocycles. The zero-order valence-corrected chi connectivity index (χ0v) is 17.6. The third kappa shape index (κ3) is 3.54. The lowest BCUT2D eigenvalue weighted by Gasteiger charge is -2.29. The fourth-order valence-electron chi connectivity index (χ4n) is 5.17. The molecule has 2 fully saturated rings. The van der Waals surface area contributed by atoms with Gasteiger partial charge in [0.15, 0.2) is 5.75 Å². The number of likely N-dealkylation sites (tertiary alicyclic amines) is 1. The number of pyridine rings is 2. The average Bonchev–Trinajstić information content (AvgIpc) is 3.33. The largest absolute Gasteiger partial charge is 0.484 e. The summed E-state index contributed by atoms with van der Waals surface area (Å²) in [6, 6.07) is 6.89. The summed E-state index contributed by atoms with van der Waals surface area (Å²) < 4.78 is 11.3. The van der Waals surface area contributed by atoms with Gasteiger partial charge in [-0.25, -0.2) is 4.98 Å². The van der Waals surface area contributed by atoms with E-state index in [1.807, 2.05) is 6.20 Å². The number of aromatic nitrogens is 2. The van der Waals surface area contributed by atoms with Crippen LogP contribution in [0.15, 0.2) is 24.4 Å². The molecule has 3 aliphatic heterocycles. The van der Waals surface area contributed by atoms with Gasteiger partial charge in [-0.15, -0.1) is 0 Å². The Labute approximate surface area is 172 Å². The van der Waals surface area contributed by atoms with Crippen molar-refractivity contribution in [3.05, 3.63) is 41.3 Å². The van der Waals surface area contributed by atoms with Crippen molar-refractivity contribution in [3.63, 3.8) is 0 Å². The molecule has 0 N–H and O–H groups in total. The van der Waals surface area contributed by atoms with Crippen molar-refractivity contribution < 1.29 is 9.47 Å². The van der Waals surface area contributed by atoms with E-state index in [9.17, 15) is 0 Å². The van der Waals surface area contributed by atoms with Crippen molar-refractivity contribution in [2.45, 2.75) is 39.7 Å². The number of hydrogen-bond donors (Lipinski definition) is 0. The minimum Gasteiger partial charge on any atom is -0.484 e. The van der Waals surface area contributed by atoms with E-state index in [0.717, 1.165) is 43.3 Å². The second kappa shape index (κ2) is 7.17. The van der Waals surface area contributed by atoms with Crippen LogP contribution in [0, 0.1) is 19.3 Å². The van der Waals surface area contributed by atoms with Gasteiger partial charge >= 0.3 is 0 Å². The molecular weight excluding hydrogens is 364 g/mol. The van der Waals surface area contributed by atoms with Gasteiger partial charge in [0.2, 0.25) is 0 Å². The van der Waals surface area contributed by atoms with Crippen molar-refractivity contribution in [1.82, 2.24) is 14.9 Å². The number of aryl methyl sites for hydroxylation is 2. The normalized spacial score (nSPS) is 25.0. The first-order valence-electron chi connectivity index (χ1n) is 10.7. The number of rotatable bonds is 3. The van der Waals surface area contributed by atoms with E-state index in [2.05, 4.69) is 58.7 Å². The molecule has 0 amide bonds. The molecule has 2 saturated heterocycles. The van der Waals surface area contributed by atoms with Crippen molar-refractivity contribution in [1.29, 1.82) is 0 Å². The van der Waals surface area contributed by atoms with E-state index in [1.54, 1.807) is 0 Å². The van der Waals surface area contributed by atoms with Gasteiger partial charge < -0.3 is 14.4 Å². The maximum absolute atomic E-state index is 5.73. The Morgan fingerprint density at radius 3 is 2.59 bits per heavy atom. The predicted octanol–water partition coefficient (Wildman–Crippen LogP) is 3.53. The highest BCUT2D eigenvalue weighted by atomic mass is 16.6. The molecule has 2 atom stereocenters. The number of anilines is 1. The van der Waals surface area contributed by atoms with Crippen molar-refractivity contribution >= 4 is 5.69 Å². The van der Waals surface area contributed by atoms with Gasteiger partial charge in [-0.2, -0.15) is 0 Å². The van der Waals surface area contributed by atoms with Gasteiger partial charge in [0.05, 0.1) is 0 Å². The van der Waals surface area contributed by atoms with E-state index in [-0.39, 0.29) is 0 Å². The second-order valence-corrected chi connectivity index (χ2v) is 8.94. The number of nitrogens with zero attached hydrogens (tertiary/aromatic N) is 4. The van der Waals surface area contributed by atoms with Gasteiger partial charge in [-0.05, 0) is 63.9 Å². The van der Waals surface area contributed by atoms with Crippen LogP contribution in [0.2, 0.25) is 0 Å². The first-order chi connectivity index (χ1) is 14.0. The van der Waals surface area contributed by atoms with E-state index < -0.39 is 0 Å². The molecule has 29 heavy (non-hydrogen) atoms. The van der Waals surface area contributed by atoms with Gasteiger partial charge in [-0.1, -0.05) is 0 Å². The molecule has 5 heterocycles. The maximum Gasteiger partial charge on any atom is 0.257 e. The van der Waals surface area contributed by atoms with Gasteiger partial charge in [0.25, 0.3) is 5.88 Å². The maximum atomic E-state index is 5.73. The van der Waals surface area contributed by atoms with Crippen molar-refractivity contribution in [3.8, 4) is 11.6 Å². The summed E-state index contributed by atoms with van der Waals surface area (Å²) in [5.41, 5.74) is 5.14. The van der Waals surface area contributed by atoms with Gasteiger partial charge in [0, 0.05) is 54.4 Å². The molecule has 0 bridgehead atoms. The number of hydrogen-bond acceptors (Lipinski definition) is 6. The lowest BCUT2D eigenvalue weighted by molar-refractivity contribution is 0.163. The highest BCUT2D eigenvalue weighted by molar-refractivity contribution is 5.49. The number of ether oxygens (including phenoxy) is 2. The molecule has 3 aliphatic rings. The Balaban J connectivity index is 1.28. The molecule has 0 aliphatic carbocycles. The third-order valence-corrected chi connectivity index (χ3v) is 6.79. The summed E-state index contributed by atoms with van der Waals surface area (Å²) in [6.07, 6.45) is 4.47. The lowest BCUT2D eigenvalue weighted by Crippen LogP contribution is -2.32. The molecule has 6 nitrogen and oxygen atoms in total. The summed E-state index contributed by atoms with van der Waals surface area (Å²) in [4.78, 5) is 14.2. The Bertz CT molecular complexity index is 897. The first kappa shape index (κ1) is 18.7. The monoisotopic (exact) mass is 394 g/mol. The molecule has 0 saturated carbocycles. The Morgan fingerprint density at radius 1 is 1.00 bits per heavy atom. The van der Waals surface area contributed by atoms with Crippen LogP contribution in [-0.2, 0) is 0 Å². The zero-order valence-electron chi connectivity index (χ0n) is 17.6. The van der Waals surface area contributed by atoms with Gasteiger partial charge in [-0.3, -0.25) is 9.88 Å². The average molecular weight is 395 g/mol. The molecule has 0 radical (unpaired) electrons. The minimum absolute atomic E-state index is 0.331. The van der Waals surface area contributed by atoms with Crippen LogP contribution < -0.4 is 14.4 Å². The van der Waals surface area contributed by atoms with Crippen LogP contribution in [-0.4, -0.2) is 54.3 Å². The highest BCUT2D eigenvalue weighted by Crippen LogP contribution is 2.44. The molecule has 1 spiro atoms. The predicted molar refractivity (Wildman–Crippen MR) is 113 cm³/mol. The van der Waals surface area contributed by atoms with Crippen LogP contribution in [0.3, 0.4) is 0 Å². The van der Waals surface area contributed by atoms with E-state index in [1.165, 1.54) is 24.1 Å². The van der Waals surface area contributed by atoms with Crippen LogP contribution in [0.25, 0.3) is 0 Å². The summed E-state index contributed by atoms with van der Waals surface area (Å²) >= 11 is 0. The van der Waals surface area contributed by atoms with Crippen molar-refractivity contribution in [2.75, 3.05) is 44.3 Å². The van der Waals surface area contributed by atoms with E-state index in [0.29, 0.717) is 30.6 Å². The Kier molecular flexibility index (Phi) is 4.62. The SMILES string of the molecule is Cc1cc(N2CCC3(CCN(C(C)c4cnc5c(c4)OCCO5)C3)C2)cc(C)n1. The Morgan fingerprint density at radius 2 is 1.76 bits per heavy atom. The molecule has 2 unspecified atom stereocenters. The van der Waals surface area contributed by atoms with Crippen molar-refractivity contribution in [2.24, 2.45) is 5.41 Å². The smallest absolute Gasteiger partial charge is 0.257 e. The molecule has 5 rings (SSSR count). The van der Waals surface area contributed by atoms with Crippen LogP contribution >= 0.6 is 0 Å². The van der Waals surface area contributed by atoms with E-state index in [4.69, 9.17) is 9.47 Å². The van der Waals surface area contributed by atoms with E-state index >= 15 is 0 Å². The standard InChI is InChI=1S/C23H30N4O2/c1-16-10-20(11-17(2)25-16)27-7-5-23(15-27)4-6-26(14-23)18(3)19-12-21-22(24-13-19)29-9-8-28-21/h10-13,18H,4-9,14-15H2,1-3H3. The fraction of sp³-hybridized carbons (Fsp3) is 0.565. The highest BCUT2D eigenvalue weighted by Gasteiger charge is 2.44. The molecule has 2 aromatic rings. The first-order valence-corrected chi connectivity index (χ1v) is 10.7. The summed E-state index contributed by atoms with van der Waals surface area (Å²) in [5.74, 6) is 1.41. The van der Waals surface area contributed by atoms with Crippen LogP contribution in [0.1, 0.15) is 42.8 Å². The zero-order chi connectivity index (χ0) is 20.0. The second-order valence-electron chi connectivity index (χ2n) is 8.94. The van der Waals surface area contributed by atoms with Crippen LogP contribution in [0.4, 0.5) is 5.69 Å². The number of fused-ring (bicyclic) bond motifs is 1.